The molecule has 2 nitrogen and oxygen atoms in total. The molecule has 2 aromatic carbocycles. The van der Waals surface area contributed by atoms with Gasteiger partial charge in [0, 0.05) is 14.7 Å². The highest BCUT2D eigenvalue weighted by Crippen LogP contribution is 2.39. The predicted octanol–water partition coefficient (Wildman–Crippen LogP) is 4.98. The summed E-state index contributed by atoms with van der Waals surface area (Å²) in [5.41, 5.74) is 2.44. The number of nitrogens with one attached hydrogen (secondary N) is 1. The van der Waals surface area contributed by atoms with E-state index in [2.05, 4.69) is 50.9 Å². The van der Waals surface area contributed by atoms with Crippen LogP contribution in [0, 0.1) is 0 Å². The molecule has 1 heterocycles. The van der Waals surface area contributed by atoms with Gasteiger partial charge in [-0.1, -0.05) is 30.3 Å². The number of rotatable bonds is 4. The van der Waals surface area contributed by atoms with Gasteiger partial charge in [-0.05, 0) is 51.4 Å². The quantitative estimate of drug-likeness (QED) is 0.707. The number of ether oxygens (including phenoxy) is 1. The van der Waals surface area contributed by atoms with Gasteiger partial charge in [-0.15, -0.1) is 11.3 Å². The van der Waals surface area contributed by atoms with Crippen molar-refractivity contribution in [3.8, 4) is 5.75 Å². The molecule has 4 heteroatoms. The summed E-state index contributed by atoms with van der Waals surface area (Å²) in [6.45, 7) is 0. The van der Waals surface area contributed by atoms with E-state index in [0.29, 0.717) is 0 Å². The lowest BCUT2D eigenvalue weighted by Gasteiger charge is -2.19. The minimum atomic E-state index is 0.115. The fourth-order valence-electron chi connectivity index (χ4n) is 2.65. The van der Waals surface area contributed by atoms with E-state index in [1.807, 2.05) is 25.2 Å². The van der Waals surface area contributed by atoms with E-state index in [1.54, 1.807) is 18.4 Å². The largest absolute Gasteiger partial charge is 0.496 e. The van der Waals surface area contributed by atoms with Crippen molar-refractivity contribution in [1.29, 1.82) is 0 Å². The van der Waals surface area contributed by atoms with E-state index in [4.69, 9.17) is 4.74 Å². The SMILES string of the molecule is CNC(c1ccccc1OC)c1csc2c(Br)cccc12. The first-order chi connectivity index (χ1) is 10.3. The Hall–Kier alpha value is -1.36. The van der Waals surface area contributed by atoms with Crippen molar-refractivity contribution in [3.63, 3.8) is 0 Å². The van der Waals surface area contributed by atoms with Crippen LogP contribution in [0.15, 0.2) is 52.3 Å². The first-order valence-electron chi connectivity index (χ1n) is 6.72. The fraction of sp³-hybridized carbons (Fsp3) is 0.176. The summed E-state index contributed by atoms with van der Waals surface area (Å²) >= 11 is 5.40. The Bertz CT molecular complexity index is 768. The Morgan fingerprint density at radius 2 is 1.90 bits per heavy atom. The second-order valence-corrected chi connectivity index (χ2v) is 6.51. The molecule has 3 rings (SSSR count). The molecule has 1 unspecified atom stereocenters. The van der Waals surface area contributed by atoms with Gasteiger partial charge in [0.25, 0.3) is 0 Å². The number of thiophene rings is 1. The monoisotopic (exact) mass is 361 g/mol. The second kappa shape index (κ2) is 6.18. The number of hydrogen-bond acceptors (Lipinski definition) is 3. The lowest BCUT2D eigenvalue weighted by Crippen LogP contribution is -2.18. The summed E-state index contributed by atoms with van der Waals surface area (Å²) in [5, 5.41) is 6.92. The molecule has 0 spiro atoms. The van der Waals surface area contributed by atoms with Crippen LogP contribution in [0.4, 0.5) is 0 Å². The number of halogens is 1. The first kappa shape index (κ1) is 14.6. The molecule has 0 saturated heterocycles. The summed E-state index contributed by atoms with van der Waals surface area (Å²) < 4.78 is 7.94. The molecule has 0 bridgehead atoms. The molecule has 0 fully saturated rings. The Labute approximate surface area is 136 Å². The van der Waals surface area contributed by atoms with Crippen LogP contribution in [0.1, 0.15) is 17.2 Å². The van der Waals surface area contributed by atoms with Gasteiger partial charge in [-0.25, -0.2) is 0 Å². The summed E-state index contributed by atoms with van der Waals surface area (Å²) in [7, 11) is 3.70. The minimum Gasteiger partial charge on any atom is -0.496 e. The van der Waals surface area contributed by atoms with Gasteiger partial charge in [-0.3, -0.25) is 0 Å². The van der Waals surface area contributed by atoms with Crippen LogP contribution < -0.4 is 10.1 Å². The average Bonchev–Trinajstić information content (AvgIpc) is 2.94. The van der Waals surface area contributed by atoms with Gasteiger partial charge < -0.3 is 10.1 Å². The number of methoxy groups -OCH3 is 1. The zero-order chi connectivity index (χ0) is 14.8. The summed E-state index contributed by atoms with van der Waals surface area (Å²) in [6.07, 6.45) is 0. The van der Waals surface area contributed by atoms with E-state index in [-0.39, 0.29) is 6.04 Å². The van der Waals surface area contributed by atoms with Crippen LogP contribution in [-0.2, 0) is 0 Å². The maximum Gasteiger partial charge on any atom is 0.123 e. The highest BCUT2D eigenvalue weighted by molar-refractivity contribution is 9.10. The zero-order valence-electron chi connectivity index (χ0n) is 11.9. The van der Waals surface area contributed by atoms with Crippen molar-refractivity contribution in [3.05, 3.63) is 63.4 Å². The molecule has 0 saturated carbocycles. The third-order valence-corrected chi connectivity index (χ3v) is 5.60. The van der Waals surface area contributed by atoms with Crippen molar-refractivity contribution in [2.75, 3.05) is 14.2 Å². The molecule has 21 heavy (non-hydrogen) atoms. The van der Waals surface area contributed by atoms with Gasteiger partial charge in [0.15, 0.2) is 0 Å². The second-order valence-electron chi connectivity index (χ2n) is 4.77. The minimum absolute atomic E-state index is 0.115. The highest BCUT2D eigenvalue weighted by Gasteiger charge is 2.20. The third-order valence-electron chi connectivity index (χ3n) is 3.63. The first-order valence-corrected chi connectivity index (χ1v) is 8.39. The van der Waals surface area contributed by atoms with Crippen LogP contribution in [0.25, 0.3) is 10.1 Å². The van der Waals surface area contributed by atoms with Crippen LogP contribution in [0.3, 0.4) is 0 Å². The molecular formula is C17H16BrNOS. The molecule has 1 atom stereocenters. The van der Waals surface area contributed by atoms with E-state index in [1.165, 1.54) is 15.6 Å². The van der Waals surface area contributed by atoms with E-state index in [0.717, 1.165) is 15.8 Å². The van der Waals surface area contributed by atoms with Crippen molar-refractivity contribution in [2.24, 2.45) is 0 Å². The van der Waals surface area contributed by atoms with Crippen molar-refractivity contribution in [1.82, 2.24) is 5.32 Å². The molecule has 0 aliphatic rings. The molecule has 0 amide bonds. The molecule has 1 N–H and O–H groups in total. The average molecular weight is 362 g/mol. The Balaban J connectivity index is 2.17. The maximum atomic E-state index is 5.52. The number of para-hydroxylation sites is 1. The summed E-state index contributed by atoms with van der Waals surface area (Å²) in [5.74, 6) is 0.909. The van der Waals surface area contributed by atoms with Crippen molar-refractivity contribution >= 4 is 37.4 Å². The molecule has 3 aromatic rings. The van der Waals surface area contributed by atoms with Crippen molar-refractivity contribution in [2.45, 2.75) is 6.04 Å². The van der Waals surface area contributed by atoms with Crippen molar-refractivity contribution < 1.29 is 4.74 Å². The third kappa shape index (κ3) is 2.59. The van der Waals surface area contributed by atoms with Gasteiger partial charge in [0.2, 0.25) is 0 Å². The summed E-state index contributed by atoms with van der Waals surface area (Å²) in [6, 6.07) is 14.6. The standard InChI is InChI=1S/C17H16BrNOS/c1-19-16(12-6-3-4-9-15(12)20-2)13-10-21-17-11(13)7-5-8-14(17)18/h3-10,16,19H,1-2H3. The maximum absolute atomic E-state index is 5.52. The van der Waals surface area contributed by atoms with Gasteiger partial charge in [0.1, 0.15) is 5.75 Å². The highest BCUT2D eigenvalue weighted by atomic mass is 79.9. The van der Waals surface area contributed by atoms with E-state index < -0.39 is 0 Å². The fourth-order valence-corrected chi connectivity index (χ4v) is 4.30. The van der Waals surface area contributed by atoms with Crippen LogP contribution in [0.2, 0.25) is 0 Å². The lowest BCUT2D eigenvalue weighted by atomic mass is 9.97. The van der Waals surface area contributed by atoms with Crippen LogP contribution in [0.5, 0.6) is 5.75 Å². The number of hydrogen-bond donors (Lipinski definition) is 1. The van der Waals surface area contributed by atoms with Crippen LogP contribution in [-0.4, -0.2) is 14.2 Å². The molecule has 0 aliphatic heterocycles. The number of fused-ring (bicyclic) bond motifs is 1. The molecule has 0 radical (unpaired) electrons. The van der Waals surface area contributed by atoms with Gasteiger partial charge in [-0.2, -0.15) is 0 Å². The predicted molar refractivity (Wildman–Crippen MR) is 93.4 cm³/mol. The summed E-state index contributed by atoms with van der Waals surface area (Å²) in [4.78, 5) is 0. The van der Waals surface area contributed by atoms with E-state index in [9.17, 15) is 0 Å². The van der Waals surface area contributed by atoms with Crippen LogP contribution >= 0.6 is 27.3 Å². The molecular weight excluding hydrogens is 346 g/mol. The lowest BCUT2D eigenvalue weighted by molar-refractivity contribution is 0.405. The Morgan fingerprint density at radius 1 is 1.10 bits per heavy atom. The number of benzene rings is 2. The molecule has 1 aromatic heterocycles. The Kier molecular flexibility index (Phi) is 4.29. The smallest absolute Gasteiger partial charge is 0.123 e. The zero-order valence-corrected chi connectivity index (χ0v) is 14.3. The topological polar surface area (TPSA) is 21.3 Å². The molecule has 108 valence electrons. The Morgan fingerprint density at radius 3 is 2.67 bits per heavy atom. The molecule has 0 aliphatic carbocycles. The van der Waals surface area contributed by atoms with Gasteiger partial charge >= 0.3 is 0 Å². The normalized spacial score (nSPS) is 12.5. The van der Waals surface area contributed by atoms with Gasteiger partial charge in [0.05, 0.1) is 13.2 Å². The van der Waals surface area contributed by atoms with E-state index >= 15 is 0 Å².